The third kappa shape index (κ3) is 2.41. The number of nitrogens with two attached hydrogens (primary N) is 1. The van der Waals surface area contributed by atoms with Gasteiger partial charge in [-0.25, -0.2) is 4.39 Å². The number of rotatable bonds is 3. The molecule has 3 heteroatoms. The van der Waals surface area contributed by atoms with Crippen molar-refractivity contribution in [1.29, 1.82) is 0 Å². The predicted molar refractivity (Wildman–Crippen MR) is 79.6 cm³/mol. The molecule has 2 rings (SSSR count). The summed E-state index contributed by atoms with van der Waals surface area (Å²) in [7, 11) is 1.62. The van der Waals surface area contributed by atoms with Crippen LogP contribution in [-0.2, 0) is 0 Å². The van der Waals surface area contributed by atoms with Crippen LogP contribution < -0.4 is 10.5 Å². The minimum atomic E-state index is -0.538. The van der Waals surface area contributed by atoms with Gasteiger partial charge in [-0.2, -0.15) is 0 Å². The molecule has 0 bridgehead atoms. The van der Waals surface area contributed by atoms with E-state index in [4.69, 9.17) is 10.5 Å². The summed E-state index contributed by atoms with van der Waals surface area (Å²) in [6.07, 6.45) is 0. The number of aryl methyl sites for hydroxylation is 2. The Morgan fingerprint density at radius 2 is 1.70 bits per heavy atom. The molecule has 2 N–H and O–H groups in total. The summed E-state index contributed by atoms with van der Waals surface area (Å²) < 4.78 is 19.7. The molecule has 1 unspecified atom stereocenters. The number of ether oxygens (including phenoxy) is 1. The fourth-order valence-corrected chi connectivity index (χ4v) is 2.40. The molecule has 106 valence electrons. The molecule has 0 radical (unpaired) electrons. The summed E-state index contributed by atoms with van der Waals surface area (Å²) >= 11 is 0. The molecule has 2 nitrogen and oxygen atoms in total. The third-order valence-corrected chi connectivity index (χ3v) is 3.80. The van der Waals surface area contributed by atoms with Gasteiger partial charge in [0.05, 0.1) is 13.2 Å². The van der Waals surface area contributed by atoms with E-state index in [-0.39, 0.29) is 5.82 Å². The molecule has 1 atom stereocenters. The molecule has 0 fully saturated rings. The van der Waals surface area contributed by atoms with Crippen LogP contribution in [0.3, 0.4) is 0 Å². The van der Waals surface area contributed by atoms with E-state index >= 15 is 0 Å². The molecule has 0 saturated carbocycles. The second-order valence-corrected chi connectivity index (χ2v) is 5.09. The summed E-state index contributed by atoms with van der Waals surface area (Å²) in [5, 5.41) is 0. The minimum Gasteiger partial charge on any atom is -0.496 e. The fraction of sp³-hybridized carbons (Fsp3) is 0.294. The lowest BCUT2D eigenvalue weighted by molar-refractivity contribution is 0.403. The van der Waals surface area contributed by atoms with Crippen LogP contribution in [0.15, 0.2) is 30.3 Å². The summed E-state index contributed by atoms with van der Waals surface area (Å²) in [6, 6.07) is 8.64. The van der Waals surface area contributed by atoms with Crippen LogP contribution in [0.5, 0.6) is 5.75 Å². The predicted octanol–water partition coefficient (Wildman–Crippen LogP) is 3.81. The molecular weight excluding hydrogens is 253 g/mol. The van der Waals surface area contributed by atoms with Crippen molar-refractivity contribution in [2.45, 2.75) is 26.8 Å². The van der Waals surface area contributed by atoms with Crippen molar-refractivity contribution in [3.05, 3.63) is 64.0 Å². The Morgan fingerprint density at radius 1 is 1.00 bits per heavy atom. The SMILES string of the molecule is COc1c(C(N)c2cccc(C)c2F)ccc(C)c1C. The monoisotopic (exact) mass is 273 g/mol. The van der Waals surface area contributed by atoms with E-state index in [9.17, 15) is 4.39 Å². The van der Waals surface area contributed by atoms with Gasteiger partial charge in [0, 0.05) is 11.1 Å². The minimum absolute atomic E-state index is 0.250. The molecule has 20 heavy (non-hydrogen) atoms. The standard InChI is InChI=1S/C17H20FNO/c1-10-8-9-14(17(20-4)12(10)3)16(19)13-7-5-6-11(2)15(13)18/h5-9,16H,19H2,1-4H3. The largest absolute Gasteiger partial charge is 0.496 e. The van der Waals surface area contributed by atoms with Gasteiger partial charge in [-0.1, -0.05) is 30.3 Å². The van der Waals surface area contributed by atoms with Crippen LogP contribution >= 0.6 is 0 Å². The van der Waals surface area contributed by atoms with Crippen molar-refractivity contribution >= 4 is 0 Å². The molecule has 0 saturated heterocycles. The van der Waals surface area contributed by atoms with Gasteiger partial charge >= 0.3 is 0 Å². The topological polar surface area (TPSA) is 35.2 Å². The first kappa shape index (κ1) is 14.5. The zero-order chi connectivity index (χ0) is 14.9. The van der Waals surface area contributed by atoms with Crippen molar-refractivity contribution in [3.8, 4) is 5.75 Å². The van der Waals surface area contributed by atoms with Gasteiger partial charge in [-0.15, -0.1) is 0 Å². The molecule has 0 aromatic heterocycles. The lowest BCUT2D eigenvalue weighted by Gasteiger charge is -2.20. The van der Waals surface area contributed by atoms with E-state index in [0.29, 0.717) is 11.1 Å². The third-order valence-electron chi connectivity index (χ3n) is 3.80. The average molecular weight is 273 g/mol. The van der Waals surface area contributed by atoms with Crippen LogP contribution in [0, 0.1) is 26.6 Å². The molecule has 0 aliphatic heterocycles. The van der Waals surface area contributed by atoms with Crippen molar-refractivity contribution in [3.63, 3.8) is 0 Å². The molecular formula is C17H20FNO. The maximum absolute atomic E-state index is 14.2. The summed E-state index contributed by atoms with van der Waals surface area (Å²) in [4.78, 5) is 0. The highest BCUT2D eigenvalue weighted by Crippen LogP contribution is 2.34. The van der Waals surface area contributed by atoms with Crippen LogP contribution in [-0.4, -0.2) is 7.11 Å². The van der Waals surface area contributed by atoms with Gasteiger partial charge in [0.15, 0.2) is 0 Å². The van der Waals surface area contributed by atoms with Gasteiger partial charge in [0.1, 0.15) is 11.6 Å². The first-order valence-corrected chi connectivity index (χ1v) is 6.62. The number of hydrogen-bond donors (Lipinski definition) is 1. The van der Waals surface area contributed by atoms with Crippen LogP contribution in [0.25, 0.3) is 0 Å². The van der Waals surface area contributed by atoms with E-state index < -0.39 is 6.04 Å². The summed E-state index contributed by atoms with van der Waals surface area (Å²) in [5.74, 6) is 0.485. The smallest absolute Gasteiger partial charge is 0.131 e. The Hall–Kier alpha value is -1.87. The second kappa shape index (κ2) is 5.63. The normalized spacial score (nSPS) is 12.3. The number of hydrogen-bond acceptors (Lipinski definition) is 2. The summed E-state index contributed by atoms with van der Waals surface area (Å²) in [5.41, 5.74) is 10.3. The Bertz CT molecular complexity index is 637. The van der Waals surface area contributed by atoms with Gasteiger partial charge in [0.2, 0.25) is 0 Å². The van der Waals surface area contributed by atoms with Gasteiger partial charge < -0.3 is 10.5 Å². The van der Waals surface area contributed by atoms with Gasteiger partial charge in [-0.3, -0.25) is 0 Å². The number of halogens is 1. The molecule has 0 amide bonds. The maximum Gasteiger partial charge on any atom is 0.131 e. The van der Waals surface area contributed by atoms with Crippen molar-refractivity contribution < 1.29 is 9.13 Å². The highest BCUT2D eigenvalue weighted by Gasteiger charge is 2.20. The highest BCUT2D eigenvalue weighted by atomic mass is 19.1. The maximum atomic E-state index is 14.2. The van der Waals surface area contributed by atoms with Crippen molar-refractivity contribution in [2.24, 2.45) is 5.73 Å². The molecule has 2 aromatic carbocycles. The zero-order valence-corrected chi connectivity index (χ0v) is 12.3. The Labute approximate surface area is 119 Å². The van der Waals surface area contributed by atoms with E-state index in [2.05, 4.69) is 0 Å². The van der Waals surface area contributed by atoms with Gasteiger partial charge in [0.25, 0.3) is 0 Å². The molecule has 0 aliphatic rings. The molecule has 0 spiro atoms. The van der Waals surface area contributed by atoms with Crippen molar-refractivity contribution in [1.82, 2.24) is 0 Å². The molecule has 2 aromatic rings. The van der Waals surface area contributed by atoms with Crippen molar-refractivity contribution in [2.75, 3.05) is 7.11 Å². The van der Waals surface area contributed by atoms with Crippen LogP contribution in [0.1, 0.15) is 33.9 Å². The number of methoxy groups -OCH3 is 1. The van der Waals surface area contributed by atoms with E-state index in [0.717, 1.165) is 22.4 Å². The average Bonchev–Trinajstić information content (AvgIpc) is 2.44. The second-order valence-electron chi connectivity index (χ2n) is 5.09. The Kier molecular flexibility index (Phi) is 4.09. The molecule has 0 heterocycles. The lowest BCUT2D eigenvalue weighted by Crippen LogP contribution is -2.16. The first-order chi connectivity index (χ1) is 9.47. The Balaban J connectivity index is 2.56. The summed E-state index contributed by atoms with van der Waals surface area (Å²) in [6.45, 7) is 5.74. The van der Waals surface area contributed by atoms with E-state index in [1.165, 1.54) is 0 Å². The Morgan fingerprint density at radius 3 is 2.35 bits per heavy atom. The quantitative estimate of drug-likeness (QED) is 0.923. The van der Waals surface area contributed by atoms with Gasteiger partial charge in [-0.05, 0) is 37.5 Å². The number of benzene rings is 2. The lowest BCUT2D eigenvalue weighted by atomic mass is 9.93. The highest BCUT2D eigenvalue weighted by molar-refractivity contribution is 5.49. The van der Waals surface area contributed by atoms with Crippen LogP contribution in [0.4, 0.5) is 4.39 Å². The first-order valence-electron chi connectivity index (χ1n) is 6.62. The fourth-order valence-electron chi connectivity index (χ4n) is 2.40. The van der Waals surface area contributed by atoms with E-state index in [1.807, 2.05) is 32.0 Å². The van der Waals surface area contributed by atoms with E-state index in [1.54, 1.807) is 26.2 Å². The zero-order valence-electron chi connectivity index (χ0n) is 12.3. The van der Waals surface area contributed by atoms with Crippen LogP contribution in [0.2, 0.25) is 0 Å². The molecule has 0 aliphatic carbocycles.